The summed E-state index contributed by atoms with van der Waals surface area (Å²) in [4.78, 5) is 0. The van der Waals surface area contributed by atoms with Crippen molar-refractivity contribution in [2.75, 3.05) is 0 Å². The van der Waals surface area contributed by atoms with Crippen LogP contribution in [0.1, 0.15) is 30.0 Å². The molecule has 104 valence electrons. The number of ether oxygens (including phenoxy) is 1. The standard InChI is InChI=1S/C16H15ClFNO/c17-13-2-1-3-14(18)15(13)16(19)10-4-6-11(7-5-10)20-12-8-9-12/h1-7,12,16H,8-9,19H2. The van der Waals surface area contributed by atoms with Gasteiger partial charge in [-0.05, 0) is 42.7 Å². The normalized spacial score (nSPS) is 15.9. The molecule has 1 fully saturated rings. The number of rotatable bonds is 4. The number of hydrogen-bond acceptors (Lipinski definition) is 2. The van der Waals surface area contributed by atoms with Crippen molar-refractivity contribution in [3.05, 3.63) is 64.4 Å². The summed E-state index contributed by atoms with van der Waals surface area (Å²) in [6.07, 6.45) is 2.59. The monoisotopic (exact) mass is 291 g/mol. The van der Waals surface area contributed by atoms with E-state index in [1.165, 1.54) is 6.07 Å². The minimum Gasteiger partial charge on any atom is -0.490 e. The van der Waals surface area contributed by atoms with E-state index in [9.17, 15) is 4.39 Å². The molecular formula is C16H15ClFNO. The van der Waals surface area contributed by atoms with Crippen molar-refractivity contribution in [2.24, 2.45) is 5.73 Å². The predicted molar refractivity (Wildman–Crippen MR) is 77.5 cm³/mol. The Morgan fingerprint density at radius 3 is 2.45 bits per heavy atom. The van der Waals surface area contributed by atoms with E-state index in [0.717, 1.165) is 24.2 Å². The van der Waals surface area contributed by atoms with Gasteiger partial charge in [-0.15, -0.1) is 0 Å². The van der Waals surface area contributed by atoms with Crippen LogP contribution in [-0.4, -0.2) is 6.10 Å². The molecule has 4 heteroatoms. The summed E-state index contributed by atoms with van der Waals surface area (Å²) >= 11 is 6.04. The Morgan fingerprint density at radius 1 is 1.15 bits per heavy atom. The minimum absolute atomic E-state index is 0.324. The van der Waals surface area contributed by atoms with E-state index in [2.05, 4.69) is 0 Å². The van der Waals surface area contributed by atoms with Crippen molar-refractivity contribution in [3.8, 4) is 5.75 Å². The van der Waals surface area contributed by atoms with Crippen LogP contribution in [0.5, 0.6) is 5.75 Å². The summed E-state index contributed by atoms with van der Waals surface area (Å²) in [7, 11) is 0. The molecule has 0 radical (unpaired) electrons. The third-order valence-corrected chi connectivity index (χ3v) is 3.71. The lowest BCUT2D eigenvalue weighted by Gasteiger charge is -2.15. The van der Waals surface area contributed by atoms with E-state index >= 15 is 0 Å². The molecule has 1 saturated carbocycles. The average Bonchev–Trinajstić information content (AvgIpc) is 3.23. The molecule has 1 aliphatic carbocycles. The van der Waals surface area contributed by atoms with Crippen molar-refractivity contribution in [2.45, 2.75) is 25.0 Å². The van der Waals surface area contributed by atoms with Crippen molar-refractivity contribution in [3.63, 3.8) is 0 Å². The predicted octanol–water partition coefficient (Wildman–Crippen LogP) is 4.07. The highest BCUT2D eigenvalue weighted by atomic mass is 35.5. The van der Waals surface area contributed by atoms with E-state index in [0.29, 0.717) is 16.7 Å². The zero-order chi connectivity index (χ0) is 14.1. The second-order valence-electron chi connectivity index (χ2n) is 5.00. The van der Waals surface area contributed by atoms with Gasteiger partial charge in [-0.3, -0.25) is 0 Å². The van der Waals surface area contributed by atoms with E-state index in [1.807, 2.05) is 24.3 Å². The Morgan fingerprint density at radius 2 is 1.85 bits per heavy atom. The first kappa shape index (κ1) is 13.4. The molecule has 0 spiro atoms. The summed E-state index contributed by atoms with van der Waals surface area (Å²) in [6.45, 7) is 0. The van der Waals surface area contributed by atoms with Crippen molar-refractivity contribution < 1.29 is 9.13 Å². The van der Waals surface area contributed by atoms with Gasteiger partial charge in [0.1, 0.15) is 11.6 Å². The summed E-state index contributed by atoms with van der Waals surface area (Å²) < 4.78 is 19.5. The molecular weight excluding hydrogens is 277 g/mol. The molecule has 2 nitrogen and oxygen atoms in total. The van der Waals surface area contributed by atoms with Gasteiger partial charge >= 0.3 is 0 Å². The quantitative estimate of drug-likeness (QED) is 0.921. The Hall–Kier alpha value is -1.58. The van der Waals surface area contributed by atoms with Crippen LogP contribution < -0.4 is 10.5 Å². The first-order valence-electron chi connectivity index (χ1n) is 6.61. The van der Waals surface area contributed by atoms with Crippen LogP contribution in [0.15, 0.2) is 42.5 Å². The first-order valence-corrected chi connectivity index (χ1v) is 6.99. The number of nitrogens with two attached hydrogens (primary N) is 1. The Balaban J connectivity index is 1.84. The summed E-state index contributed by atoms with van der Waals surface area (Å²) in [5.41, 5.74) is 7.25. The maximum atomic E-state index is 13.9. The SMILES string of the molecule is NC(c1ccc(OC2CC2)cc1)c1c(F)cccc1Cl. The molecule has 0 aromatic heterocycles. The van der Waals surface area contributed by atoms with E-state index in [-0.39, 0.29) is 5.82 Å². The van der Waals surface area contributed by atoms with Crippen molar-refractivity contribution in [1.29, 1.82) is 0 Å². The molecule has 0 aliphatic heterocycles. The van der Waals surface area contributed by atoms with Crippen LogP contribution >= 0.6 is 11.6 Å². The topological polar surface area (TPSA) is 35.2 Å². The van der Waals surface area contributed by atoms with Gasteiger partial charge < -0.3 is 10.5 Å². The fourth-order valence-corrected chi connectivity index (χ4v) is 2.39. The summed E-state index contributed by atoms with van der Waals surface area (Å²) in [6, 6.07) is 11.4. The van der Waals surface area contributed by atoms with Crippen molar-refractivity contribution in [1.82, 2.24) is 0 Å². The van der Waals surface area contributed by atoms with Gasteiger partial charge in [0, 0.05) is 10.6 Å². The summed E-state index contributed by atoms with van der Waals surface area (Å²) in [5.74, 6) is 0.436. The molecule has 0 saturated heterocycles. The molecule has 3 rings (SSSR count). The van der Waals surface area contributed by atoms with Crippen LogP contribution in [0.2, 0.25) is 5.02 Å². The van der Waals surface area contributed by atoms with Gasteiger partial charge in [0.05, 0.1) is 12.1 Å². The molecule has 0 bridgehead atoms. The van der Waals surface area contributed by atoms with Gasteiger partial charge in [0.2, 0.25) is 0 Å². The second kappa shape index (κ2) is 5.43. The average molecular weight is 292 g/mol. The van der Waals surface area contributed by atoms with Crippen LogP contribution in [-0.2, 0) is 0 Å². The van der Waals surface area contributed by atoms with Gasteiger partial charge in [-0.2, -0.15) is 0 Å². The fourth-order valence-electron chi connectivity index (χ4n) is 2.11. The maximum absolute atomic E-state index is 13.9. The lowest BCUT2D eigenvalue weighted by Crippen LogP contribution is -2.14. The second-order valence-corrected chi connectivity index (χ2v) is 5.41. The Kier molecular flexibility index (Phi) is 3.64. The van der Waals surface area contributed by atoms with Gasteiger partial charge in [0.25, 0.3) is 0 Å². The van der Waals surface area contributed by atoms with Crippen LogP contribution in [0, 0.1) is 5.82 Å². The van der Waals surface area contributed by atoms with Crippen molar-refractivity contribution >= 4 is 11.6 Å². The molecule has 2 aromatic rings. The maximum Gasteiger partial charge on any atom is 0.129 e. The smallest absolute Gasteiger partial charge is 0.129 e. The number of halogens is 2. The van der Waals surface area contributed by atoms with Crippen LogP contribution in [0.3, 0.4) is 0 Å². The lowest BCUT2D eigenvalue weighted by atomic mass is 9.99. The van der Waals surface area contributed by atoms with Gasteiger partial charge in [0.15, 0.2) is 0 Å². The van der Waals surface area contributed by atoms with E-state index in [1.54, 1.807) is 12.1 Å². The zero-order valence-corrected chi connectivity index (χ0v) is 11.6. The highest BCUT2D eigenvalue weighted by molar-refractivity contribution is 6.31. The van der Waals surface area contributed by atoms with Gasteiger partial charge in [-0.25, -0.2) is 4.39 Å². The Labute approximate surface area is 122 Å². The zero-order valence-electron chi connectivity index (χ0n) is 10.9. The molecule has 0 heterocycles. The molecule has 1 aliphatic rings. The van der Waals surface area contributed by atoms with E-state index in [4.69, 9.17) is 22.1 Å². The molecule has 1 atom stereocenters. The first-order chi connectivity index (χ1) is 9.65. The number of benzene rings is 2. The largest absolute Gasteiger partial charge is 0.490 e. The molecule has 0 amide bonds. The third-order valence-electron chi connectivity index (χ3n) is 3.38. The molecule has 1 unspecified atom stereocenters. The van der Waals surface area contributed by atoms with Crippen LogP contribution in [0.4, 0.5) is 4.39 Å². The fraction of sp³-hybridized carbons (Fsp3) is 0.250. The minimum atomic E-state index is -0.585. The molecule has 20 heavy (non-hydrogen) atoms. The lowest BCUT2D eigenvalue weighted by molar-refractivity contribution is 0.303. The highest BCUT2D eigenvalue weighted by Gasteiger charge is 2.23. The summed E-state index contributed by atoms with van der Waals surface area (Å²) in [5, 5.41) is 0.343. The highest BCUT2D eigenvalue weighted by Crippen LogP contribution is 2.31. The third kappa shape index (κ3) is 2.79. The number of hydrogen-bond donors (Lipinski definition) is 1. The Bertz CT molecular complexity index is 590. The molecule has 2 N–H and O–H groups in total. The van der Waals surface area contributed by atoms with Gasteiger partial charge in [-0.1, -0.05) is 29.8 Å². The van der Waals surface area contributed by atoms with E-state index < -0.39 is 6.04 Å². The van der Waals surface area contributed by atoms with Crippen LogP contribution in [0.25, 0.3) is 0 Å². The molecule has 2 aromatic carbocycles.